The molecular weight excluding hydrogens is 889 g/mol. The van der Waals surface area contributed by atoms with E-state index in [1.807, 2.05) is 0 Å². The second-order valence-corrected chi connectivity index (χ2v) is 21.0. The monoisotopic (exact) mass is 1010 g/mol. The van der Waals surface area contributed by atoms with E-state index in [1.54, 1.807) is 0 Å². The van der Waals surface area contributed by atoms with Crippen molar-refractivity contribution in [2.24, 2.45) is 0 Å². The topological polar surface area (TPSA) is 78.9 Å². The molecule has 418 valence electrons. The number of allylic oxidation sites excluding steroid dienone is 10. The molecule has 0 heterocycles. The summed E-state index contributed by atoms with van der Waals surface area (Å²) in [4.78, 5) is 38.2. The van der Waals surface area contributed by atoms with E-state index in [0.29, 0.717) is 19.3 Å². The van der Waals surface area contributed by atoms with E-state index in [2.05, 4.69) is 81.5 Å². The van der Waals surface area contributed by atoms with Gasteiger partial charge in [0.15, 0.2) is 6.10 Å². The van der Waals surface area contributed by atoms with Crippen molar-refractivity contribution in [1.82, 2.24) is 0 Å². The van der Waals surface area contributed by atoms with Crippen LogP contribution in [0.15, 0.2) is 60.8 Å². The molecule has 0 aromatic heterocycles. The van der Waals surface area contributed by atoms with Crippen molar-refractivity contribution >= 4 is 17.9 Å². The molecule has 1 atom stereocenters. The van der Waals surface area contributed by atoms with Crippen LogP contribution in [0.25, 0.3) is 0 Å². The van der Waals surface area contributed by atoms with Crippen molar-refractivity contribution in [3.63, 3.8) is 0 Å². The number of ether oxygens (including phenoxy) is 3. The average molecular weight is 1010 g/mol. The summed E-state index contributed by atoms with van der Waals surface area (Å²) < 4.78 is 16.9. The van der Waals surface area contributed by atoms with E-state index in [4.69, 9.17) is 14.2 Å². The first kappa shape index (κ1) is 69.1. The Morgan fingerprint density at radius 2 is 0.528 bits per heavy atom. The van der Waals surface area contributed by atoms with Gasteiger partial charge < -0.3 is 14.2 Å². The molecule has 0 aliphatic heterocycles. The summed E-state index contributed by atoms with van der Waals surface area (Å²) in [6.45, 7) is 6.58. The predicted octanol–water partition coefficient (Wildman–Crippen LogP) is 21.2. The fraction of sp³-hybridized carbons (Fsp3) is 0.803. The normalized spacial score (nSPS) is 12.4. The summed E-state index contributed by atoms with van der Waals surface area (Å²) in [6, 6.07) is 0. The largest absolute Gasteiger partial charge is 0.462 e. The SMILES string of the molecule is CCC/C=C\CCCCCCCC(=O)OCC(COC(=O)CCCCCCCCCCCCCC/C=C\C/C=C\C/C=C\CCCCCCC)OC(=O)CCCCCCCCC/C=C\CCCCCCCC. The number of esters is 3. The van der Waals surface area contributed by atoms with Gasteiger partial charge in [-0.15, -0.1) is 0 Å². The van der Waals surface area contributed by atoms with E-state index < -0.39 is 6.10 Å². The lowest BCUT2D eigenvalue weighted by molar-refractivity contribution is -0.167. The Labute approximate surface area is 447 Å². The van der Waals surface area contributed by atoms with Gasteiger partial charge in [-0.05, 0) is 103 Å². The van der Waals surface area contributed by atoms with Crippen molar-refractivity contribution in [2.75, 3.05) is 13.2 Å². The first-order chi connectivity index (χ1) is 35.5. The number of carbonyl (C=O) groups is 3. The first-order valence-corrected chi connectivity index (χ1v) is 31.3. The number of hydrogen-bond acceptors (Lipinski definition) is 6. The number of carbonyl (C=O) groups excluding carboxylic acids is 3. The lowest BCUT2D eigenvalue weighted by atomic mass is 10.0. The zero-order valence-corrected chi connectivity index (χ0v) is 47.9. The number of hydrogen-bond donors (Lipinski definition) is 0. The van der Waals surface area contributed by atoms with Crippen molar-refractivity contribution in [2.45, 2.75) is 329 Å². The Morgan fingerprint density at radius 3 is 0.847 bits per heavy atom. The van der Waals surface area contributed by atoms with Crippen LogP contribution in [0, 0.1) is 0 Å². The summed E-state index contributed by atoms with van der Waals surface area (Å²) in [5, 5.41) is 0. The first-order valence-electron chi connectivity index (χ1n) is 31.3. The quantitative estimate of drug-likeness (QED) is 0.0261. The molecule has 0 aromatic rings. The van der Waals surface area contributed by atoms with Gasteiger partial charge >= 0.3 is 17.9 Å². The molecule has 0 radical (unpaired) electrons. The molecule has 0 amide bonds. The molecule has 0 N–H and O–H groups in total. The Balaban J connectivity index is 4.20. The van der Waals surface area contributed by atoms with Crippen LogP contribution in [0.3, 0.4) is 0 Å². The van der Waals surface area contributed by atoms with Gasteiger partial charge in [-0.25, -0.2) is 0 Å². The van der Waals surface area contributed by atoms with Crippen molar-refractivity contribution in [3.8, 4) is 0 Å². The Bertz CT molecular complexity index is 1290. The third kappa shape index (κ3) is 58.0. The highest BCUT2D eigenvalue weighted by molar-refractivity contribution is 5.71. The molecule has 1 unspecified atom stereocenters. The molecule has 0 bridgehead atoms. The summed E-state index contributed by atoms with van der Waals surface area (Å²) in [7, 11) is 0. The lowest BCUT2D eigenvalue weighted by Crippen LogP contribution is -2.30. The maximum Gasteiger partial charge on any atom is 0.306 e. The minimum absolute atomic E-state index is 0.0779. The van der Waals surface area contributed by atoms with E-state index in [-0.39, 0.29) is 31.1 Å². The predicted molar refractivity (Wildman–Crippen MR) is 312 cm³/mol. The lowest BCUT2D eigenvalue weighted by Gasteiger charge is -2.18. The molecular formula is C66H118O6. The zero-order valence-electron chi connectivity index (χ0n) is 47.9. The van der Waals surface area contributed by atoms with Crippen molar-refractivity contribution in [3.05, 3.63) is 60.8 Å². The van der Waals surface area contributed by atoms with Crippen LogP contribution in [0.2, 0.25) is 0 Å². The van der Waals surface area contributed by atoms with Gasteiger partial charge in [-0.3, -0.25) is 14.4 Å². The molecule has 72 heavy (non-hydrogen) atoms. The molecule has 0 rings (SSSR count). The van der Waals surface area contributed by atoms with Gasteiger partial charge in [0.2, 0.25) is 0 Å². The molecule has 0 spiro atoms. The van der Waals surface area contributed by atoms with Crippen molar-refractivity contribution < 1.29 is 28.6 Å². The summed E-state index contributed by atoms with van der Waals surface area (Å²) >= 11 is 0. The van der Waals surface area contributed by atoms with Gasteiger partial charge in [-0.1, -0.05) is 261 Å². The number of unbranched alkanes of at least 4 members (excludes halogenated alkanes) is 36. The summed E-state index contributed by atoms with van der Waals surface area (Å²) in [5.74, 6) is -0.882. The Morgan fingerprint density at radius 1 is 0.278 bits per heavy atom. The van der Waals surface area contributed by atoms with Crippen LogP contribution in [0.1, 0.15) is 323 Å². The molecule has 0 aromatic carbocycles. The molecule has 6 nitrogen and oxygen atoms in total. The highest BCUT2D eigenvalue weighted by Gasteiger charge is 2.19. The standard InChI is InChI=1S/C66H118O6/c1-4-7-10-13-16-19-22-24-26-28-29-30-31-32-33-34-35-36-37-39-40-42-44-47-50-53-56-59-65(68)71-62-63(61-70-64(67)58-55-52-49-46-21-18-15-12-9-6-3)72-66(69)60-57-54-51-48-45-43-41-38-27-25-23-20-17-14-11-8-5-2/h12,15,22,24-25,27-29,31-32,63H,4-11,13-14,16-21,23,26,30,33-62H2,1-3H3/b15-12-,24-22-,27-25-,29-28-,32-31-. The molecule has 0 fully saturated rings. The van der Waals surface area contributed by atoms with Crippen molar-refractivity contribution in [1.29, 1.82) is 0 Å². The van der Waals surface area contributed by atoms with E-state index in [0.717, 1.165) is 83.5 Å². The van der Waals surface area contributed by atoms with Gasteiger partial charge in [0, 0.05) is 19.3 Å². The van der Waals surface area contributed by atoms with Crippen LogP contribution in [-0.4, -0.2) is 37.2 Å². The van der Waals surface area contributed by atoms with Gasteiger partial charge in [0.25, 0.3) is 0 Å². The second-order valence-electron chi connectivity index (χ2n) is 21.0. The fourth-order valence-corrected chi connectivity index (χ4v) is 8.98. The van der Waals surface area contributed by atoms with Gasteiger partial charge in [-0.2, -0.15) is 0 Å². The Kier molecular flexibility index (Phi) is 58.2. The Hall–Kier alpha value is -2.89. The zero-order chi connectivity index (χ0) is 52.2. The second kappa shape index (κ2) is 60.7. The molecule has 0 aliphatic carbocycles. The minimum atomic E-state index is -0.779. The summed E-state index contributed by atoms with van der Waals surface area (Å²) in [5.41, 5.74) is 0. The third-order valence-corrected chi connectivity index (χ3v) is 13.7. The van der Waals surface area contributed by atoms with E-state index in [1.165, 1.54) is 199 Å². The van der Waals surface area contributed by atoms with Crippen LogP contribution in [-0.2, 0) is 28.6 Å². The minimum Gasteiger partial charge on any atom is -0.462 e. The molecule has 0 saturated carbocycles. The van der Waals surface area contributed by atoms with Gasteiger partial charge in [0.05, 0.1) is 0 Å². The highest BCUT2D eigenvalue weighted by Crippen LogP contribution is 2.16. The maximum absolute atomic E-state index is 12.9. The maximum atomic E-state index is 12.9. The molecule has 6 heteroatoms. The molecule has 0 aliphatic rings. The number of rotatable bonds is 57. The highest BCUT2D eigenvalue weighted by atomic mass is 16.6. The smallest absolute Gasteiger partial charge is 0.306 e. The average Bonchev–Trinajstić information content (AvgIpc) is 3.38. The van der Waals surface area contributed by atoms with Crippen LogP contribution < -0.4 is 0 Å². The van der Waals surface area contributed by atoms with Gasteiger partial charge in [0.1, 0.15) is 13.2 Å². The molecule has 0 saturated heterocycles. The third-order valence-electron chi connectivity index (χ3n) is 13.7. The van der Waals surface area contributed by atoms with Crippen LogP contribution in [0.4, 0.5) is 0 Å². The fourth-order valence-electron chi connectivity index (χ4n) is 8.98. The van der Waals surface area contributed by atoms with Crippen LogP contribution in [0.5, 0.6) is 0 Å². The van der Waals surface area contributed by atoms with E-state index in [9.17, 15) is 14.4 Å². The van der Waals surface area contributed by atoms with Crippen LogP contribution >= 0.6 is 0 Å². The summed E-state index contributed by atoms with van der Waals surface area (Å²) in [6.07, 6.45) is 76.6. The van der Waals surface area contributed by atoms with E-state index >= 15 is 0 Å².